The molecule has 280 valence electrons. The van der Waals surface area contributed by atoms with Crippen molar-refractivity contribution >= 4 is 44.7 Å². The van der Waals surface area contributed by atoms with Gasteiger partial charge in [-0.2, -0.15) is 0 Å². The van der Waals surface area contributed by atoms with Crippen molar-refractivity contribution in [2.75, 3.05) is 0 Å². The fourth-order valence-corrected chi connectivity index (χ4v) is 7.39. The number of nitrogens with two attached hydrogens (primary N) is 2. The van der Waals surface area contributed by atoms with Crippen molar-refractivity contribution in [2.45, 2.75) is 52.4 Å². The first kappa shape index (κ1) is 35.9. The average Bonchev–Trinajstić information content (AvgIpc) is 3.77. The van der Waals surface area contributed by atoms with Gasteiger partial charge in [0.25, 0.3) is 0 Å². The summed E-state index contributed by atoms with van der Waals surface area (Å²) in [6.07, 6.45) is 0. The number of phenolic OH excluding ortho intramolecular Hbond substituents is 2. The number of primary amides is 2. The van der Waals surface area contributed by atoms with Crippen molar-refractivity contribution in [3.05, 3.63) is 119 Å². The fourth-order valence-electron chi connectivity index (χ4n) is 7.39. The monoisotopic (exact) mass is 744 g/mol. The third-order valence-corrected chi connectivity index (χ3v) is 10.1. The summed E-state index contributed by atoms with van der Waals surface area (Å²) in [6.45, 7) is 12.2. The largest absolute Gasteiger partial charge is 0.506 e. The Kier molecular flexibility index (Phi) is 8.19. The number of hydrogen-bond donors (Lipinski definition) is 4. The van der Waals surface area contributed by atoms with Crippen molar-refractivity contribution < 1.29 is 19.8 Å². The minimum Gasteiger partial charge on any atom is -0.506 e. The number of rotatable bonds is 6. The van der Waals surface area contributed by atoms with Crippen molar-refractivity contribution in [1.29, 1.82) is 0 Å². The number of nitrogens with zero attached hydrogens (tertiary/aromatic N) is 6. The van der Waals surface area contributed by atoms with Crippen LogP contribution in [-0.2, 0) is 10.8 Å². The molecule has 8 rings (SSSR count). The molecule has 0 aliphatic rings. The summed E-state index contributed by atoms with van der Waals surface area (Å²) in [7, 11) is 0. The molecule has 0 aliphatic carbocycles. The van der Waals surface area contributed by atoms with Gasteiger partial charge in [0.05, 0.1) is 5.56 Å². The first-order valence-corrected chi connectivity index (χ1v) is 18.1. The van der Waals surface area contributed by atoms with Gasteiger partial charge in [-0.1, -0.05) is 71.9 Å². The van der Waals surface area contributed by atoms with E-state index in [1.165, 1.54) is 9.59 Å². The molecule has 0 bridgehead atoms. The Bertz CT molecular complexity index is 2860. The highest BCUT2D eigenvalue weighted by atomic mass is 16.3. The summed E-state index contributed by atoms with van der Waals surface area (Å²) < 4.78 is 0. The fraction of sp³-hybridized carbons (Fsp3) is 0.182. The van der Waals surface area contributed by atoms with Crippen LogP contribution in [0, 0.1) is 0 Å². The van der Waals surface area contributed by atoms with Gasteiger partial charge in [-0.3, -0.25) is 9.59 Å². The van der Waals surface area contributed by atoms with Crippen molar-refractivity contribution in [1.82, 2.24) is 30.0 Å². The molecule has 56 heavy (non-hydrogen) atoms. The van der Waals surface area contributed by atoms with E-state index in [2.05, 4.69) is 20.4 Å². The molecule has 6 N–H and O–H groups in total. The van der Waals surface area contributed by atoms with E-state index in [4.69, 9.17) is 11.5 Å². The normalized spacial score (nSPS) is 12.2. The molecule has 2 amide bonds. The number of aromatic hydroxyl groups is 2. The van der Waals surface area contributed by atoms with Crippen LogP contribution in [0.25, 0.3) is 66.5 Å². The number of phenols is 2. The molecule has 2 aromatic heterocycles. The number of amides is 2. The average molecular weight is 745 g/mol. The molecule has 6 aromatic carbocycles. The van der Waals surface area contributed by atoms with Crippen LogP contribution in [0.2, 0.25) is 0 Å². The second-order valence-electron chi connectivity index (χ2n) is 16.1. The smallest absolute Gasteiger partial charge is 0.249 e. The summed E-state index contributed by atoms with van der Waals surface area (Å²) in [6, 6.07) is 28.5. The zero-order chi connectivity index (χ0) is 39.8. The van der Waals surface area contributed by atoms with Gasteiger partial charge < -0.3 is 21.7 Å². The predicted molar refractivity (Wildman–Crippen MR) is 217 cm³/mol. The maximum Gasteiger partial charge on any atom is 0.249 e. The first-order valence-electron chi connectivity index (χ1n) is 18.1. The summed E-state index contributed by atoms with van der Waals surface area (Å²) in [5.41, 5.74) is 18.3. The zero-order valence-electron chi connectivity index (χ0n) is 31.8. The van der Waals surface area contributed by atoms with E-state index in [0.717, 1.165) is 11.1 Å². The van der Waals surface area contributed by atoms with E-state index in [1.54, 1.807) is 36.4 Å². The Hall–Kier alpha value is -7.08. The molecule has 2 heterocycles. The van der Waals surface area contributed by atoms with Gasteiger partial charge in [0.15, 0.2) is 0 Å². The minimum atomic E-state index is -0.734. The molecular weight excluding hydrogens is 705 g/mol. The molecule has 0 unspecified atom stereocenters. The van der Waals surface area contributed by atoms with Gasteiger partial charge in [0.1, 0.15) is 44.9 Å². The highest BCUT2D eigenvalue weighted by molar-refractivity contribution is 6.16. The Balaban J connectivity index is 1.46. The number of aromatic nitrogens is 6. The Morgan fingerprint density at radius 1 is 0.554 bits per heavy atom. The van der Waals surface area contributed by atoms with Gasteiger partial charge in [0.2, 0.25) is 11.8 Å². The number of benzene rings is 6. The SMILES string of the molecule is CC(C)(C)c1cc(-n2nc3ccccc3n2)c(O)cc1-c1cc2cc(C(N)=O)ccc2c(-c2cc(O)c(-n3nc4ccccc4n3)cc2C(C)(C)C)c1C(N)=O. The Morgan fingerprint density at radius 2 is 1.00 bits per heavy atom. The van der Waals surface area contributed by atoms with Gasteiger partial charge in [-0.05, 0) is 116 Å². The lowest BCUT2D eigenvalue weighted by Gasteiger charge is -2.28. The first-order chi connectivity index (χ1) is 26.5. The third kappa shape index (κ3) is 6.05. The predicted octanol–water partition coefficient (Wildman–Crippen LogP) is 7.85. The van der Waals surface area contributed by atoms with E-state index in [0.29, 0.717) is 66.5 Å². The van der Waals surface area contributed by atoms with E-state index in [1.807, 2.05) is 102 Å². The van der Waals surface area contributed by atoms with E-state index < -0.39 is 22.6 Å². The maximum absolute atomic E-state index is 14.1. The van der Waals surface area contributed by atoms with Crippen LogP contribution in [-0.4, -0.2) is 52.0 Å². The minimum absolute atomic E-state index is 0.132. The number of fused-ring (bicyclic) bond motifs is 3. The topological polar surface area (TPSA) is 188 Å². The molecule has 0 spiro atoms. The lowest BCUT2D eigenvalue weighted by Crippen LogP contribution is -2.19. The van der Waals surface area contributed by atoms with E-state index in [9.17, 15) is 19.8 Å². The molecule has 0 radical (unpaired) electrons. The second-order valence-corrected chi connectivity index (χ2v) is 16.1. The van der Waals surface area contributed by atoms with Gasteiger partial charge in [-0.15, -0.1) is 30.0 Å². The van der Waals surface area contributed by atoms with Crippen LogP contribution in [0.3, 0.4) is 0 Å². The van der Waals surface area contributed by atoms with Crippen molar-refractivity contribution in [2.24, 2.45) is 11.5 Å². The third-order valence-electron chi connectivity index (χ3n) is 10.1. The summed E-state index contributed by atoms with van der Waals surface area (Å²) in [5.74, 6) is -1.62. The van der Waals surface area contributed by atoms with Crippen molar-refractivity contribution in [3.8, 4) is 45.1 Å². The lowest BCUT2D eigenvalue weighted by atomic mass is 9.76. The standard InChI is InChI=1S/C44H40N8O4/c1-43(2,3)29-21-35(51-47-31-11-7-8-12-32(31)48-51)37(53)19-26(29)27-18-24-17-23(41(45)55)15-16-25(24)39(40(27)42(46)56)28-20-38(54)36(22-30(28)44(4,5)6)52-49-33-13-9-10-14-34(33)50-52/h7-22,53-54H,1-6H3,(H2,45,55)(H2,46,56). The highest BCUT2D eigenvalue weighted by Gasteiger charge is 2.31. The van der Waals surface area contributed by atoms with Crippen LogP contribution >= 0.6 is 0 Å². The van der Waals surface area contributed by atoms with E-state index >= 15 is 0 Å². The number of hydrogen-bond acceptors (Lipinski definition) is 8. The molecule has 0 saturated heterocycles. The highest BCUT2D eigenvalue weighted by Crippen LogP contribution is 2.48. The lowest BCUT2D eigenvalue weighted by molar-refractivity contribution is 0.0992. The quantitative estimate of drug-likeness (QED) is 0.132. The summed E-state index contributed by atoms with van der Waals surface area (Å²) >= 11 is 0. The molecule has 0 aliphatic heterocycles. The molecule has 0 atom stereocenters. The van der Waals surface area contributed by atoms with Crippen LogP contribution in [0.15, 0.2) is 97.1 Å². The molecule has 12 heteroatoms. The van der Waals surface area contributed by atoms with Gasteiger partial charge >= 0.3 is 0 Å². The molecular formula is C44H40N8O4. The molecule has 0 saturated carbocycles. The Labute approximate surface area is 322 Å². The maximum atomic E-state index is 14.1. The van der Waals surface area contributed by atoms with Crippen LogP contribution in [0.4, 0.5) is 0 Å². The Morgan fingerprint density at radius 3 is 1.43 bits per heavy atom. The van der Waals surface area contributed by atoms with Gasteiger partial charge in [0, 0.05) is 11.1 Å². The van der Waals surface area contributed by atoms with E-state index in [-0.39, 0.29) is 22.6 Å². The second kappa shape index (κ2) is 12.8. The number of carbonyl (C=O) groups is 2. The van der Waals surface area contributed by atoms with Gasteiger partial charge in [-0.25, -0.2) is 0 Å². The number of carbonyl (C=O) groups excluding carboxylic acids is 2. The van der Waals surface area contributed by atoms with Crippen LogP contribution < -0.4 is 11.5 Å². The molecule has 0 fully saturated rings. The van der Waals surface area contributed by atoms with Crippen LogP contribution in [0.5, 0.6) is 11.5 Å². The molecule has 8 aromatic rings. The summed E-state index contributed by atoms with van der Waals surface area (Å²) in [4.78, 5) is 29.4. The van der Waals surface area contributed by atoms with Crippen molar-refractivity contribution in [3.63, 3.8) is 0 Å². The molecule has 12 nitrogen and oxygen atoms in total. The zero-order valence-corrected chi connectivity index (χ0v) is 31.8. The summed E-state index contributed by atoms with van der Waals surface area (Å²) in [5, 5.41) is 43.1. The van der Waals surface area contributed by atoms with Crippen LogP contribution in [0.1, 0.15) is 73.4 Å².